The van der Waals surface area contributed by atoms with Gasteiger partial charge in [-0.05, 0) is 31.0 Å². The van der Waals surface area contributed by atoms with E-state index in [-0.39, 0.29) is 5.91 Å². The first kappa shape index (κ1) is 14.1. The topological polar surface area (TPSA) is 64.4 Å². The van der Waals surface area contributed by atoms with Crippen molar-refractivity contribution in [2.24, 2.45) is 0 Å². The molecule has 0 saturated carbocycles. The van der Waals surface area contributed by atoms with Crippen LogP contribution in [0.5, 0.6) is 5.75 Å². The number of oxazole rings is 1. The molecule has 106 valence electrons. The van der Waals surface area contributed by atoms with E-state index in [4.69, 9.17) is 9.15 Å². The summed E-state index contributed by atoms with van der Waals surface area (Å²) in [6.07, 6.45) is 2.49. The fourth-order valence-electron chi connectivity index (χ4n) is 1.85. The van der Waals surface area contributed by atoms with Gasteiger partial charge in [0, 0.05) is 6.42 Å². The standard InChI is InChI=1S/C15H18N2O3/c1-11-14(20-10-17-11)9-16-15(18)7-6-12-4-3-5-13(8-12)19-2/h3-5,8,10H,6-7,9H2,1-2H3,(H,16,18). The van der Waals surface area contributed by atoms with Crippen LogP contribution in [0.4, 0.5) is 0 Å². The molecule has 2 rings (SSSR count). The molecule has 1 heterocycles. The highest BCUT2D eigenvalue weighted by atomic mass is 16.5. The Morgan fingerprint density at radius 2 is 2.30 bits per heavy atom. The van der Waals surface area contributed by atoms with Crippen LogP contribution < -0.4 is 10.1 Å². The first-order valence-corrected chi connectivity index (χ1v) is 6.47. The SMILES string of the molecule is COc1cccc(CCC(=O)NCc2ocnc2C)c1. The zero-order chi connectivity index (χ0) is 14.4. The number of methoxy groups -OCH3 is 1. The van der Waals surface area contributed by atoms with Crippen LogP contribution in [0.25, 0.3) is 0 Å². The van der Waals surface area contributed by atoms with E-state index in [9.17, 15) is 4.79 Å². The number of benzene rings is 1. The zero-order valence-corrected chi connectivity index (χ0v) is 11.7. The van der Waals surface area contributed by atoms with E-state index in [1.807, 2.05) is 31.2 Å². The van der Waals surface area contributed by atoms with Crippen molar-refractivity contribution < 1.29 is 13.9 Å². The van der Waals surface area contributed by atoms with Crippen molar-refractivity contribution in [2.75, 3.05) is 7.11 Å². The second kappa shape index (κ2) is 6.75. The lowest BCUT2D eigenvalue weighted by Crippen LogP contribution is -2.23. The van der Waals surface area contributed by atoms with Gasteiger partial charge >= 0.3 is 0 Å². The number of carbonyl (C=O) groups is 1. The lowest BCUT2D eigenvalue weighted by molar-refractivity contribution is -0.121. The van der Waals surface area contributed by atoms with Crippen LogP contribution in [0.15, 0.2) is 35.1 Å². The number of nitrogens with one attached hydrogen (secondary N) is 1. The van der Waals surface area contributed by atoms with Gasteiger partial charge in [-0.15, -0.1) is 0 Å². The summed E-state index contributed by atoms with van der Waals surface area (Å²) >= 11 is 0. The number of aryl methyl sites for hydroxylation is 2. The Labute approximate surface area is 118 Å². The number of amides is 1. The van der Waals surface area contributed by atoms with E-state index in [2.05, 4.69) is 10.3 Å². The molecule has 0 unspecified atom stereocenters. The molecule has 0 fully saturated rings. The quantitative estimate of drug-likeness (QED) is 0.877. The molecule has 0 spiro atoms. The number of rotatable bonds is 6. The predicted octanol–water partition coefficient (Wildman–Crippen LogP) is 2.24. The van der Waals surface area contributed by atoms with Gasteiger partial charge in [-0.2, -0.15) is 0 Å². The molecule has 20 heavy (non-hydrogen) atoms. The highest BCUT2D eigenvalue weighted by Gasteiger charge is 2.07. The van der Waals surface area contributed by atoms with Crippen LogP contribution >= 0.6 is 0 Å². The summed E-state index contributed by atoms with van der Waals surface area (Å²) in [5.74, 6) is 1.49. The molecule has 0 atom stereocenters. The highest BCUT2D eigenvalue weighted by Crippen LogP contribution is 2.13. The third-order valence-corrected chi connectivity index (χ3v) is 3.07. The van der Waals surface area contributed by atoms with Gasteiger partial charge in [0.1, 0.15) is 11.5 Å². The van der Waals surface area contributed by atoms with Gasteiger partial charge in [0.15, 0.2) is 6.39 Å². The Morgan fingerprint density at radius 3 is 3.00 bits per heavy atom. The molecule has 0 aliphatic heterocycles. The van der Waals surface area contributed by atoms with Crippen molar-refractivity contribution in [1.82, 2.24) is 10.3 Å². The number of aromatic nitrogens is 1. The molecule has 0 bridgehead atoms. The molecule has 0 aliphatic carbocycles. The molecular formula is C15H18N2O3. The Balaban J connectivity index is 1.78. The summed E-state index contributed by atoms with van der Waals surface area (Å²) in [5.41, 5.74) is 1.88. The lowest BCUT2D eigenvalue weighted by Gasteiger charge is -2.05. The Bertz CT molecular complexity index is 578. The molecule has 1 aromatic carbocycles. The van der Waals surface area contributed by atoms with E-state index >= 15 is 0 Å². The summed E-state index contributed by atoms with van der Waals surface area (Å²) in [6, 6.07) is 7.73. The average Bonchev–Trinajstić information content (AvgIpc) is 2.88. The van der Waals surface area contributed by atoms with Gasteiger partial charge in [0.2, 0.25) is 5.91 Å². The molecule has 5 heteroatoms. The predicted molar refractivity (Wildman–Crippen MR) is 74.4 cm³/mol. The largest absolute Gasteiger partial charge is 0.497 e. The zero-order valence-electron chi connectivity index (χ0n) is 11.7. The maximum absolute atomic E-state index is 11.8. The normalized spacial score (nSPS) is 10.3. The highest BCUT2D eigenvalue weighted by molar-refractivity contribution is 5.76. The van der Waals surface area contributed by atoms with Crippen molar-refractivity contribution in [2.45, 2.75) is 26.3 Å². The number of hydrogen-bond acceptors (Lipinski definition) is 4. The van der Waals surface area contributed by atoms with Crippen LogP contribution in [0.2, 0.25) is 0 Å². The Hall–Kier alpha value is -2.30. The molecule has 5 nitrogen and oxygen atoms in total. The van der Waals surface area contributed by atoms with Crippen molar-refractivity contribution in [3.05, 3.63) is 47.7 Å². The number of nitrogens with zero attached hydrogens (tertiary/aromatic N) is 1. The Morgan fingerprint density at radius 1 is 1.45 bits per heavy atom. The second-order valence-corrected chi connectivity index (χ2v) is 4.49. The first-order valence-electron chi connectivity index (χ1n) is 6.47. The molecule has 1 N–H and O–H groups in total. The Kier molecular flexibility index (Phi) is 4.76. The molecule has 1 amide bonds. The van der Waals surface area contributed by atoms with Crippen molar-refractivity contribution >= 4 is 5.91 Å². The maximum Gasteiger partial charge on any atom is 0.220 e. The molecule has 0 saturated heterocycles. The second-order valence-electron chi connectivity index (χ2n) is 4.49. The van der Waals surface area contributed by atoms with Gasteiger partial charge in [-0.25, -0.2) is 4.98 Å². The van der Waals surface area contributed by atoms with E-state index in [0.717, 1.165) is 17.0 Å². The summed E-state index contributed by atoms with van der Waals surface area (Å²) in [4.78, 5) is 15.7. The average molecular weight is 274 g/mol. The van der Waals surface area contributed by atoms with Crippen LogP contribution in [-0.2, 0) is 17.8 Å². The molecule has 2 aromatic rings. The van der Waals surface area contributed by atoms with Gasteiger partial charge in [0.25, 0.3) is 0 Å². The van der Waals surface area contributed by atoms with Crippen molar-refractivity contribution in [1.29, 1.82) is 0 Å². The van der Waals surface area contributed by atoms with Gasteiger partial charge in [0.05, 0.1) is 19.3 Å². The minimum Gasteiger partial charge on any atom is -0.497 e. The van der Waals surface area contributed by atoms with Crippen molar-refractivity contribution in [3.63, 3.8) is 0 Å². The minimum atomic E-state index is -0.0105. The molecule has 0 aliphatic rings. The lowest BCUT2D eigenvalue weighted by atomic mass is 10.1. The summed E-state index contributed by atoms with van der Waals surface area (Å²) in [7, 11) is 1.63. The molecule has 1 aromatic heterocycles. The first-order chi connectivity index (χ1) is 9.69. The fraction of sp³-hybridized carbons (Fsp3) is 0.333. The van der Waals surface area contributed by atoms with Crippen LogP contribution in [0, 0.1) is 6.92 Å². The number of ether oxygens (including phenoxy) is 1. The minimum absolute atomic E-state index is 0.0105. The smallest absolute Gasteiger partial charge is 0.220 e. The number of hydrogen-bond donors (Lipinski definition) is 1. The maximum atomic E-state index is 11.8. The van der Waals surface area contributed by atoms with Crippen LogP contribution in [0.3, 0.4) is 0 Å². The monoisotopic (exact) mass is 274 g/mol. The van der Waals surface area contributed by atoms with Gasteiger partial charge < -0.3 is 14.5 Å². The van der Waals surface area contributed by atoms with E-state index in [0.29, 0.717) is 25.1 Å². The number of carbonyl (C=O) groups excluding carboxylic acids is 1. The van der Waals surface area contributed by atoms with E-state index < -0.39 is 0 Å². The third kappa shape index (κ3) is 3.85. The summed E-state index contributed by atoms with van der Waals surface area (Å²) in [6.45, 7) is 2.23. The third-order valence-electron chi connectivity index (χ3n) is 3.07. The van der Waals surface area contributed by atoms with Crippen molar-refractivity contribution in [3.8, 4) is 5.75 Å². The molecule has 0 radical (unpaired) electrons. The summed E-state index contributed by atoms with van der Waals surface area (Å²) < 4.78 is 10.3. The van der Waals surface area contributed by atoms with Gasteiger partial charge in [-0.1, -0.05) is 12.1 Å². The van der Waals surface area contributed by atoms with E-state index in [1.165, 1.54) is 6.39 Å². The summed E-state index contributed by atoms with van der Waals surface area (Å²) in [5, 5.41) is 2.82. The molecular weight excluding hydrogens is 256 g/mol. The van der Waals surface area contributed by atoms with Gasteiger partial charge in [-0.3, -0.25) is 4.79 Å². The van der Waals surface area contributed by atoms with E-state index in [1.54, 1.807) is 7.11 Å². The van der Waals surface area contributed by atoms with Crippen LogP contribution in [-0.4, -0.2) is 18.0 Å². The fourth-order valence-corrected chi connectivity index (χ4v) is 1.85. The van der Waals surface area contributed by atoms with Crippen LogP contribution in [0.1, 0.15) is 23.4 Å².